The summed E-state index contributed by atoms with van der Waals surface area (Å²) in [7, 11) is 0.685. The van der Waals surface area contributed by atoms with Crippen LogP contribution in [0, 0.1) is 11.6 Å². The number of halogens is 3. The predicted octanol–water partition coefficient (Wildman–Crippen LogP) is 10.0. The van der Waals surface area contributed by atoms with Crippen LogP contribution >= 0.6 is 15.9 Å². The molecule has 0 spiro atoms. The lowest BCUT2D eigenvalue weighted by Gasteiger charge is -2.06. The van der Waals surface area contributed by atoms with Gasteiger partial charge >= 0.3 is 7.69 Å². The third-order valence-corrected chi connectivity index (χ3v) is 6.61. The standard InChI is InChI=1S/C18H13F.C12H10BO2.C6H4BrF/c19-18-11-9-15(10-12-18)17-8-4-7-16(13-17)14-5-2-1-3-6-14;14-13-15-12-8-4-7-11(9-12)10-5-2-1-3-6-10;7-5-1-3-6(8)4-2-5/h1-13H;1-9,14H;1-4H. The summed E-state index contributed by atoms with van der Waals surface area (Å²) in [6, 6.07) is 48.8. The number of benzene rings is 6. The van der Waals surface area contributed by atoms with Crippen molar-refractivity contribution in [2.24, 2.45) is 0 Å². The molecule has 6 aromatic carbocycles. The summed E-state index contributed by atoms with van der Waals surface area (Å²) < 4.78 is 30.8. The Morgan fingerprint density at radius 3 is 1.33 bits per heavy atom. The maximum absolute atomic E-state index is 12.9. The van der Waals surface area contributed by atoms with Crippen molar-refractivity contribution in [2.75, 3.05) is 0 Å². The van der Waals surface area contributed by atoms with Gasteiger partial charge in [-0.1, -0.05) is 119 Å². The molecule has 2 nitrogen and oxygen atoms in total. The van der Waals surface area contributed by atoms with Crippen molar-refractivity contribution in [1.82, 2.24) is 0 Å². The first-order valence-electron chi connectivity index (χ1n) is 13.1. The second kappa shape index (κ2) is 16.1. The van der Waals surface area contributed by atoms with Crippen molar-refractivity contribution in [3.8, 4) is 39.1 Å². The van der Waals surface area contributed by atoms with Crippen LogP contribution in [0.15, 0.2) is 162 Å². The van der Waals surface area contributed by atoms with E-state index in [0.29, 0.717) is 13.4 Å². The monoisotopic (exact) mass is 619 g/mol. The predicted molar refractivity (Wildman–Crippen MR) is 172 cm³/mol. The zero-order valence-corrected chi connectivity index (χ0v) is 24.2. The van der Waals surface area contributed by atoms with E-state index in [9.17, 15) is 8.78 Å². The van der Waals surface area contributed by atoms with Gasteiger partial charge in [-0.15, -0.1) is 0 Å². The molecule has 0 aromatic heterocycles. The number of rotatable bonds is 5. The highest BCUT2D eigenvalue weighted by Gasteiger charge is 2.02. The Morgan fingerprint density at radius 2 is 0.857 bits per heavy atom. The van der Waals surface area contributed by atoms with Crippen molar-refractivity contribution in [1.29, 1.82) is 0 Å². The minimum Gasteiger partial charge on any atom is -0.537 e. The van der Waals surface area contributed by atoms with E-state index in [4.69, 9.17) is 9.68 Å². The second-order valence-electron chi connectivity index (χ2n) is 9.01. The molecule has 0 atom stereocenters. The Hall–Kier alpha value is -4.52. The molecule has 0 aliphatic carbocycles. The molecule has 0 aliphatic rings. The van der Waals surface area contributed by atoms with Gasteiger partial charge in [0.2, 0.25) is 0 Å². The molecule has 0 amide bonds. The highest BCUT2D eigenvalue weighted by Crippen LogP contribution is 2.26. The van der Waals surface area contributed by atoms with Crippen molar-refractivity contribution in [3.05, 3.63) is 174 Å². The summed E-state index contributed by atoms with van der Waals surface area (Å²) in [6.07, 6.45) is 0. The molecule has 0 bridgehead atoms. The van der Waals surface area contributed by atoms with E-state index in [-0.39, 0.29) is 11.6 Å². The molecular formula is C36H27BBrF2O2. The third kappa shape index (κ3) is 9.55. The van der Waals surface area contributed by atoms with Crippen molar-refractivity contribution in [3.63, 3.8) is 0 Å². The van der Waals surface area contributed by atoms with Crippen LogP contribution < -0.4 is 4.65 Å². The molecule has 42 heavy (non-hydrogen) atoms. The molecular weight excluding hydrogens is 593 g/mol. The van der Waals surface area contributed by atoms with Crippen molar-refractivity contribution < 1.29 is 18.5 Å². The Kier molecular flexibility index (Phi) is 11.6. The highest BCUT2D eigenvalue weighted by molar-refractivity contribution is 9.10. The molecule has 207 valence electrons. The molecule has 0 unspecified atom stereocenters. The summed E-state index contributed by atoms with van der Waals surface area (Å²) in [5.74, 6) is 0.218. The largest absolute Gasteiger partial charge is 0.569 e. The Morgan fingerprint density at radius 1 is 0.452 bits per heavy atom. The Labute approximate surface area is 254 Å². The Balaban J connectivity index is 0.000000157. The minimum absolute atomic E-state index is 0.201. The van der Waals surface area contributed by atoms with Gasteiger partial charge in [-0.3, -0.25) is 0 Å². The van der Waals surface area contributed by atoms with Crippen LogP contribution in [0.4, 0.5) is 8.78 Å². The van der Waals surface area contributed by atoms with Gasteiger partial charge in [-0.25, -0.2) is 8.78 Å². The minimum atomic E-state index is -0.206. The van der Waals surface area contributed by atoms with Crippen LogP contribution in [0.3, 0.4) is 0 Å². The quantitative estimate of drug-likeness (QED) is 0.195. The molecule has 1 N–H and O–H groups in total. The first kappa shape index (κ1) is 30.4. The summed E-state index contributed by atoms with van der Waals surface area (Å²) in [4.78, 5) is 0. The summed E-state index contributed by atoms with van der Waals surface area (Å²) in [5, 5.41) is 8.53. The van der Waals surface area contributed by atoms with Gasteiger partial charge < -0.3 is 9.68 Å². The lowest BCUT2D eigenvalue weighted by molar-refractivity contribution is 0.454. The molecule has 0 saturated heterocycles. The maximum Gasteiger partial charge on any atom is 0.569 e. The Bertz CT molecular complexity index is 1630. The van der Waals surface area contributed by atoms with Crippen LogP contribution in [-0.4, -0.2) is 12.7 Å². The average Bonchev–Trinajstić information content (AvgIpc) is 3.05. The van der Waals surface area contributed by atoms with Crippen LogP contribution in [0.25, 0.3) is 33.4 Å². The first-order valence-corrected chi connectivity index (χ1v) is 13.9. The van der Waals surface area contributed by atoms with Gasteiger partial charge in [0.05, 0.1) is 0 Å². The number of hydrogen-bond acceptors (Lipinski definition) is 2. The molecule has 0 saturated carbocycles. The molecule has 6 aromatic rings. The van der Waals surface area contributed by atoms with Gasteiger partial charge in [0, 0.05) is 4.47 Å². The lowest BCUT2D eigenvalue weighted by Crippen LogP contribution is -1.99. The van der Waals surface area contributed by atoms with Gasteiger partial charge in [0.25, 0.3) is 0 Å². The molecule has 0 fully saturated rings. The van der Waals surface area contributed by atoms with Gasteiger partial charge in [-0.05, 0) is 88.0 Å². The van der Waals surface area contributed by atoms with E-state index in [1.807, 2.05) is 78.9 Å². The van der Waals surface area contributed by atoms with Crippen molar-refractivity contribution in [2.45, 2.75) is 0 Å². The maximum atomic E-state index is 12.9. The van der Waals surface area contributed by atoms with Gasteiger partial charge in [0.15, 0.2) is 0 Å². The average molecular weight is 620 g/mol. The zero-order chi connectivity index (χ0) is 29.6. The summed E-state index contributed by atoms with van der Waals surface area (Å²) >= 11 is 3.18. The van der Waals surface area contributed by atoms with E-state index in [1.165, 1.54) is 35.4 Å². The molecule has 6 rings (SSSR count). The topological polar surface area (TPSA) is 29.5 Å². The normalized spacial score (nSPS) is 9.90. The fourth-order valence-electron chi connectivity index (χ4n) is 4.02. The number of hydrogen-bond donors (Lipinski definition) is 1. The fourth-order valence-corrected chi connectivity index (χ4v) is 4.29. The highest BCUT2D eigenvalue weighted by atomic mass is 79.9. The van der Waals surface area contributed by atoms with Gasteiger partial charge in [0.1, 0.15) is 17.4 Å². The summed E-state index contributed by atoms with van der Waals surface area (Å²) in [5.41, 5.74) is 6.67. The lowest BCUT2D eigenvalue weighted by atomic mass is 9.99. The molecule has 0 heterocycles. The zero-order valence-electron chi connectivity index (χ0n) is 22.6. The molecule has 6 heteroatoms. The third-order valence-electron chi connectivity index (χ3n) is 6.08. The van der Waals surface area contributed by atoms with Crippen LogP contribution in [0.1, 0.15) is 0 Å². The van der Waals surface area contributed by atoms with Gasteiger partial charge in [-0.2, -0.15) is 0 Å². The molecule has 0 aliphatic heterocycles. The van der Waals surface area contributed by atoms with E-state index >= 15 is 0 Å². The van der Waals surface area contributed by atoms with E-state index < -0.39 is 0 Å². The van der Waals surface area contributed by atoms with E-state index in [2.05, 4.69) is 40.2 Å². The van der Waals surface area contributed by atoms with Crippen molar-refractivity contribution >= 4 is 23.6 Å². The van der Waals surface area contributed by atoms with Crippen LogP contribution in [-0.2, 0) is 0 Å². The molecule has 1 radical (unpaired) electrons. The smallest absolute Gasteiger partial charge is 0.537 e. The van der Waals surface area contributed by atoms with Crippen LogP contribution in [0.5, 0.6) is 5.75 Å². The second-order valence-corrected chi connectivity index (χ2v) is 9.92. The first-order chi connectivity index (χ1) is 20.5. The van der Waals surface area contributed by atoms with Crippen LogP contribution in [0.2, 0.25) is 0 Å². The fraction of sp³-hybridized carbons (Fsp3) is 0. The van der Waals surface area contributed by atoms with E-state index in [0.717, 1.165) is 26.7 Å². The SMILES string of the molecule is Fc1ccc(-c2cccc(-c3ccccc3)c2)cc1.Fc1ccc(Br)cc1.O[B]Oc1cccc(-c2ccccc2)c1. The summed E-state index contributed by atoms with van der Waals surface area (Å²) in [6.45, 7) is 0. The van der Waals surface area contributed by atoms with E-state index in [1.54, 1.807) is 30.3 Å².